The maximum Gasteiger partial charge on any atom is 0.387 e. The SMILES string of the molecule is O=C(NCc1ccccc1F)c1cccc(OC(F)F)c1. The number of hydrogen-bond acceptors (Lipinski definition) is 2. The van der Waals surface area contributed by atoms with Gasteiger partial charge in [-0.2, -0.15) is 8.78 Å². The third-order valence-corrected chi connectivity index (χ3v) is 2.72. The zero-order valence-electron chi connectivity index (χ0n) is 10.9. The second kappa shape index (κ2) is 6.78. The molecule has 0 spiro atoms. The van der Waals surface area contributed by atoms with Crippen LogP contribution in [0.2, 0.25) is 0 Å². The predicted octanol–water partition coefficient (Wildman–Crippen LogP) is 3.36. The van der Waals surface area contributed by atoms with Crippen LogP contribution in [0.3, 0.4) is 0 Å². The molecule has 0 aliphatic carbocycles. The van der Waals surface area contributed by atoms with Gasteiger partial charge < -0.3 is 10.1 Å². The number of ether oxygens (including phenoxy) is 1. The van der Waals surface area contributed by atoms with Crippen LogP contribution in [0.1, 0.15) is 15.9 Å². The molecule has 1 N–H and O–H groups in total. The molecular weight excluding hydrogens is 283 g/mol. The lowest BCUT2D eigenvalue weighted by molar-refractivity contribution is -0.0498. The number of carbonyl (C=O) groups excluding carboxylic acids is 1. The smallest absolute Gasteiger partial charge is 0.387 e. The van der Waals surface area contributed by atoms with Crippen LogP contribution in [0, 0.1) is 5.82 Å². The highest BCUT2D eigenvalue weighted by Gasteiger charge is 2.10. The van der Waals surface area contributed by atoms with E-state index in [1.54, 1.807) is 18.2 Å². The fraction of sp³-hybridized carbons (Fsp3) is 0.133. The molecule has 0 heterocycles. The molecule has 3 nitrogen and oxygen atoms in total. The molecule has 0 atom stereocenters. The number of carbonyl (C=O) groups is 1. The molecule has 2 aromatic carbocycles. The van der Waals surface area contributed by atoms with Gasteiger partial charge in [0.05, 0.1) is 0 Å². The molecule has 0 aliphatic rings. The van der Waals surface area contributed by atoms with Crippen molar-refractivity contribution in [1.82, 2.24) is 5.32 Å². The summed E-state index contributed by atoms with van der Waals surface area (Å²) in [7, 11) is 0. The number of amides is 1. The van der Waals surface area contributed by atoms with Crippen molar-refractivity contribution in [3.8, 4) is 5.75 Å². The first-order valence-electron chi connectivity index (χ1n) is 6.13. The lowest BCUT2D eigenvalue weighted by Gasteiger charge is -2.08. The Morgan fingerprint density at radius 2 is 1.90 bits per heavy atom. The lowest BCUT2D eigenvalue weighted by atomic mass is 10.2. The standard InChI is InChI=1S/C15H12F3NO2/c16-13-7-2-1-4-11(13)9-19-14(20)10-5-3-6-12(8-10)21-15(17)18/h1-8,15H,9H2,(H,19,20). The van der Waals surface area contributed by atoms with Crippen molar-refractivity contribution >= 4 is 5.91 Å². The van der Waals surface area contributed by atoms with Crippen LogP contribution in [0.25, 0.3) is 0 Å². The van der Waals surface area contributed by atoms with E-state index in [4.69, 9.17) is 0 Å². The van der Waals surface area contributed by atoms with Crippen LogP contribution in [-0.2, 0) is 6.54 Å². The summed E-state index contributed by atoms with van der Waals surface area (Å²) in [5.41, 5.74) is 0.496. The number of halogens is 3. The molecule has 0 saturated carbocycles. The van der Waals surface area contributed by atoms with E-state index in [9.17, 15) is 18.0 Å². The van der Waals surface area contributed by atoms with Crippen LogP contribution in [-0.4, -0.2) is 12.5 Å². The molecule has 2 aromatic rings. The minimum atomic E-state index is -2.96. The molecule has 110 valence electrons. The van der Waals surface area contributed by atoms with Crippen LogP contribution >= 0.6 is 0 Å². The Hall–Kier alpha value is -2.50. The van der Waals surface area contributed by atoms with E-state index in [2.05, 4.69) is 10.1 Å². The van der Waals surface area contributed by atoms with Crippen molar-refractivity contribution < 1.29 is 22.7 Å². The highest BCUT2D eigenvalue weighted by molar-refractivity contribution is 5.94. The van der Waals surface area contributed by atoms with Gasteiger partial charge in [-0.3, -0.25) is 4.79 Å². The zero-order valence-corrected chi connectivity index (χ0v) is 10.9. The number of nitrogens with one attached hydrogen (secondary N) is 1. The summed E-state index contributed by atoms with van der Waals surface area (Å²) in [6, 6.07) is 11.4. The van der Waals surface area contributed by atoms with Gasteiger partial charge in [0.25, 0.3) is 5.91 Å². The second-order valence-corrected chi connectivity index (χ2v) is 4.18. The third-order valence-electron chi connectivity index (χ3n) is 2.72. The Morgan fingerprint density at radius 3 is 2.62 bits per heavy atom. The summed E-state index contributed by atoms with van der Waals surface area (Å²) in [5, 5.41) is 2.51. The summed E-state index contributed by atoms with van der Waals surface area (Å²) in [6.07, 6.45) is 0. The lowest BCUT2D eigenvalue weighted by Crippen LogP contribution is -2.23. The first kappa shape index (κ1) is 14.9. The Morgan fingerprint density at radius 1 is 1.14 bits per heavy atom. The van der Waals surface area contributed by atoms with Gasteiger partial charge in [-0.15, -0.1) is 0 Å². The first-order chi connectivity index (χ1) is 10.1. The molecule has 1 amide bonds. The normalized spacial score (nSPS) is 10.5. The topological polar surface area (TPSA) is 38.3 Å². The number of benzene rings is 2. The van der Waals surface area contributed by atoms with E-state index in [1.165, 1.54) is 30.3 Å². The van der Waals surface area contributed by atoms with E-state index in [-0.39, 0.29) is 17.9 Å². The molecule has 0 bridgehead atoms. The molecule has 0 aliphatic heterocycles. The Balaban J connectivity index is 2.02. The Bertz CT molecular complexity index is 632. The van der Waals surface area contributed by atoms with Crippen LogP contribution in [0.15, 0.2) is 48.5 Å². The highest BCUT2D eigenvalue weighted by Crippen LogP contribution is 2.16. The van der Waals surface area contributed by atoms with Gasteiger partial charge >= 0.3 is 6.61 Å². The van der Waals surface area contributed by atoms with Crippen molar-refractivity contribution in [2.75, 3.05) is 0 Å². The van der Waals surface area contributed by atoms with E-state index in [0.717, 1.165) is 0 Å². The maximum absolute atomic E-state index is 13.4. The van der Waals surface area contributed by atoms with Gasteiger partial charge in [-0.05, 0) is 24.3 Å². The van der Waals surface area contributed by atoms with Crippen molar-refractivity contribution in [2.24, 2.45) is 0 Å². The number of alkyl halides is 2. The first-order valence-corrected chi connectivity index (χ1v) is 6.13. The molecule has 0 fully saturated rings. The molecule has 0 unspecified atom stereocenters. The molecule has 21 heavy (non-hydrogen) atoms. The molecule has 2 rings (SSSR count). The number of hydrogen-bond donors (Lipinski definition) is 1. The van der Waals surface area contributed by atoms with Crippen LogP contribution in [0.4, 0.5) is 13.2 Å². The van der Waals surface area contributed by atoms with Gasteiger partial charge in [0.15, 0.2) is 0 Å². The summed E-state index contributed by atoms with van der Waals surface area (Å²) < 4.78 is 41.8. The Labute approximate surface area is 119 Å². The molecule has 6 heteroatoms. The monoisotopic (exact) mass is 295 g/mol. The third kappa shape index (κ3) is 4.24. The fourth-order valence-electron chi connectivity index (χ4n) is 1.73. The minimum Gasteiger partial charge on any atom is -0.435 e. The molecule has 0 aromatic heterocycles. The van der Waals surface area contributed by atoms with E-state index in [0.29, 0.717) is 5.56 Å². The van der Waals surface area contributed by atoms with E-state index >= 15 is 0 Å². The summed E-state index contributed by atoms with van der Waals surface area (Å²) >= 11 is 0. The largest absolute Gasteiger partial charge is 0.435 e. The molecular formula is C15H12F3NO2. The average Bonchev–Trinajstić information content (AvgIpc) is 2.45. The highest BCUT2D eigenvalue weighted by atomic mass is 19.3. The van der Waals surface area contributed by atoms with Gasteiger partial charge in [0.1, 0.15) is 11.6 Å². The van der Waals surface area contributed by atoms with Crippen LogP contribution in [0.5, 0.6) is 5.75 Å². The minimum absolute atomic E-state index is 0.00540. The zero-order chi connectivity index (χ0) is 15.2. The van der Waals surface area contributed by atoms with Gasteiger partial charge in [-0.25, -0.2) is 4.39 Å². The Kier molecular flexibility index (Phi) is 4.81. The van der Waals surface area contributed by atoms with Gasteiger partial charge in [0, 0.05) is 17.7 Å². The summed E-state index contributed by atoms with van der Waals surface area (Å²) in [6.45, 7) is -2.95. The second-order valence-electron chi connectivity index (χ2n) is 4.18. The predicted molar refractivity (Wildman–Crippen MR) is 70.6 cm³/mol. The van der Waals surface area contributed by atoms with E-state index in [1.807, 2.05) is 0 Å². The molecule has 0 radical (unpaired) electrons. The fourth-order valence-corrected chi connectivity index (χ4v) is 1.73. The van der Waals surface area contributed by atoms with Crippen molar-refractivity contribution in [3.63, 3.8) is 0 Å². The summed E-state index contributed by atoms with van der Waals surface area (Å²) in [5.74, 6) is -1.03. The van der Waals surface area contributed by atoms with Gasteiger partial charge in [0.2, 0.25) is 0 Å². The van der Waals surface area contributed by atoms with Crippen molar-refractivity contribution in [2.45, 2.75) is 13.2 Å². The van der Waals surface area contributed by atoms with Crippen molar-refractivity contribution in [1.29, 1.82) is 0 Å². The van der Waals surface area contributed by atoms with Crippen LogP contribution < -0.4 is 10.1 Å². The molecule has 0 saturated heterocycles. The van der Waals surface area contributed by atoms with Crippen molar-refractivity contribution in [3.05, 3.63) is 65.5 Å². The maximum atomic E-state index is 13.4. The number of rotatable bonds is 5. The van der Waals surface area contributed by atoms with E-state index < -0.39 is 18.3 Å². The average molecular weight is 295 g/mol. The summed E-state index contributed by atoms with van der Waals surface area (Å²) in [4.78, 5) is 11.9. The van der Waals surface area contributed by atoms with Gasteiger partial charge in [-0.1, -0.05) is 24.3 Å². The quantitative estimate of drug-likeness (QED) is 0.918.